The highest BCUT2D eigenvalue weighted by Crippen LogP contribution is 2.23. The van der Waals surface area contributed by atoms with Crippen LogP contribution in [0.15, 0.2) is 72.9 Å². The number of rotatable bonds is 9. The Morgan fingerprint density at radius 1 is 1.15 bits per heavy atom. The maximum absolute atomic E-state index is 13.1. The van der Waals surface area contributed by atoms with Gasteiger partial charge in [0, 0.05) is 26.7 Å². The summed E-state index contributed by atoms with van der Waals surface area (Å²) in [5.41, 5.74) is 3.64. The van der Waals surface area contributed by atoms with Crippen LogP contribution >= 0.6 is 0 Å². The molecule has 4 rings (SSSR count). The second-order valence-electron chi connectivity index (χ2n) is 8.01. The molecule has 1 fully saturated rings. The zero-order valence-electron chi connectivity index (χ0n) is 18.6. The van der Waals surface area contributed by atoms with Gasteiger partial charge in [-0.05, 0) is 41.8 Å². The average molecular weight is 442 g/mol. The summed E-state index contributed by atoms with van der Waals surface area (Å²) in [6.07, 6.45) is 2.79. The van der Waals surface area contributed by atoms with Crippen molar-refractivity contribution in [3.63, 3.8) is 0 Å². The molecule has 3 aromatic rings. The predicted octanol–water partition coefficient (Wildman–Crippen LogP) is 3.30. The molecular formula is C26H27N5O2. The van der Waals surface area contributed by atoms with E-state index in [1.54, 1.807) is 13.3 Å². The maximum atomic E-state index is 13.1. The van der Waals surface area contributed by atoms with Gasteiger partial charge in [-0.1, -0.05) is 42.5 Å². The van der Waals surface area contributed by atoms with Gasteiger partial charge in [-0.3, -0.25) is 4.79 Å². The van der Waals surface area contributed by atoms with Crippen molar-refractivity contribution in [1.82, 2.24) is 10.3 Å². The van der Waals surface area contributed by atoms with Gasteiger partial charge in [0.15, 0.2) is 0 Å². The molecule has 1 atom stereocenters. The Bertz CT molecular complexity index is 1090. The van der Waals surface area contributed by atoms with Gasteiger partial charge in [0.25, 0.3) is 0 Å². The van der Waals surface area contributed by atoms with E-state index in [1.165, 1.54) is 0 Å². The Morgan fingerprint density at radius 3 is 2.55 bits per heavy atom. The van der Waals surface area contributed by atoms with Gasteiger partial charge < -0.3 is 20.3 Å². The molecule has 33 heavy (non-hydrogen) atoms. The van der Waals surface area contributed by atoms with Crippen LogP contribution in [0.5, 0.6) is 0 Å². The third-order valence-electron chi connectivity index (χ3n) is 5.79. The molecular weight excluding hydrogens is 414 g/mol. The van der Waals surface area contributed by atoms with Crippen LogP contribution in [-0.4, -0.2) is 43.7 Å². The lowest BCUT2D eigenvalue weighted by molar-refractivity contribution is -0.118. The molecule has 0 aliphatic carbocycles. The number of ether oxygens (including phenoxy) is 1. The van der Waals surface area contributed by atoms with Crippen LogP contribution in [-0.2, 0) is 16.0 Å². The van der Waals surface area contributed by atoms with Crippen molar-refractivity contribution < 1.29 is 9.53 Å². The quantitative estimate of drug-likeness (QED) is 0.530. The van der Waals surface area contributed by atoms with Crippen molar-refractivity contribution >= 4 is 17.4 Å². The van der Waals surface area contributed by atoms with E-state index in [-0.39, 0.29) is 12.0 Å². The normalized spacial score (nSPS) is 14.2. The first-order valence-corrected chi connectivity index (χ1v) is 11.0. The summed E-state index contributed by atoms with van der Waals surface area (Å²) in [5, 5.41) is 15.2. The minimum absolute atomic E-state index is 0.162. The number of methoxy groups -OCH3 is 1. The lowest BCUT2D eigenvalue weighted by Gasteiger charge is -2.39. The van der Waals surface area contributed by atoms with E-state index in [4.69, 9.17) is 10.00 Å². The Labute approximate surface area is 194 Å². The number of aromatic nitrogens is 1. The average Bonchev–Trinajstić information content (AvgIpc) is 2.83. The van der Waals surface area contributed by atoms with Gasteiger partial charge in [0.05, 0.1) is 29.6 Å². The summed E-state index contributed by atoms with van der Waals surface area (Å²) in [6, 6.07) is 22.5. The van der Waals surface area contributed by atoms with E-state index in [9.17, 15) is 4.79 Å². The SMILES string of the molecule is COC1CN(c2ccc(NC(=O)C(NCCc3ccc(C#N)cc3)c3ccccc3)nc2)C1. The highest BCUT2D eigenvalue weighted by atomic mass is 16.5. The number of nitriles is 1. The van der Waals surface area contributed by atoms with E-state index in [1.807, 2.05) is 66.7 Å². The zero-order chi connectivity index (χ0) is 23.0. The van der Waals surface area contributed by atoms with Gasteiger partial charge in [0.2, 0.25) is 5.91 Å². The van der Waals surface area contributed by atoms with E-state index in [0.29, 0.717) is 17.9 Å². The summed E-state index contributed by atoms with van der Waals surface area (Å²) < 4.78 is 5.31. The number of hydrogen-bond acceptors (Lipinski definition) is 6. The zero-order valence-corrected chi connectivity index (χ0v) is 18.6. The predicted molar refractivity (Wildman–Crippen MR) is 128 cm³/mol. The molecule has 1 aromatic heterocycles. The Kier molecular flexibility index (Phi) is 7.30. The number of anilines is 2. The third-order valence-corrected chi connectivity index (χ3v) is 5.79. The van der Waals surface area contributed by atoms with Gasteiger partial charge in [-0.25, -0.2) is 4.98 Å². The summed E-state index contributed by atoms with van der Waals surface area (Å²) >= 11 is 0. The molecule has 0 saturated carbocycles. The van der Waals surface area contributed by atoms with Crippen LogP contribution in [0.4, 0.5) is 11.5 Å². The molecule has 1 unspecified atom stereocenters. The number of amides is 1. The summed E-state index contributed by atoms with van der Waals surface area (Å²) in [4.78, 5) is 19.7. The lowest BCUT2D eigenvalue weighted by Crippen LogP contribution is -2.51. The molecule has 1 saturated heterocycles. The summed E-state index contributed by atoms with van der Waals surface area (Å²) in [5.74, 6) is 0.354. The lowest BCUT2D eigenvalue weighted by atomic mass is 10.1. The molecule has 168 valence electrons. The van der Waals surface area contributed by atoms with Crippen molar-refractivity contribution in [2.24, 2.45) is 0 Å². The second-order valence-corrected chi connectivity index (χ2v) is 8.01. The van der Waals surface area contributed by atoms with E-state index < -0.39 is 6.04 Å². The minimum atomic E-state index is -0.510. The van der Waals surface area contributed by atoms with Gasteiger partial charge in [-0.15, -0.1) is 0 Å². The Hall–Kier alpha value is -3.73. The fraction of sp³-hybridized carbons (Fsp3) is 0.269. The fourth-order valence-electron chi connectivity index (χ4n) is 3.76. The fourth-order valence-corrected chi connectivity index (χ4v) is 3.76. The maximum Gasteiger partial charge on any atom is 0.247 e. The Balaban J connectivity index is 1.38. The number of hydrogen-bond donors (Lipinski definition) is 2. The van der Waals surface area contributed by atoms with Crippen LogP contribution in [0.3, 0.4) is 0 Å². The standard InChI is InChI=1S/C26H27N5O2/c1-33-23-17-31(18-23)22-11-12-24(29-16-22)30-26(32)25(21-5-3-2-4-6-21)28-14-13-19-7-9-20(15-27)10-8-19/h2-12,16,23,25,28H,13-14,17-18H2,1H3,(H,29,30,32). The Morgan fingerprint density at radius 2 is 1.91 bits per heavy atom. The molecule has 0 radical (unpaired) electrons. The van der Waals surface area contributed by atoms with Crippen molar-refractivity contribution in [2.45, 2.75) is 18.6 Å². The van der Waals surface area contributed by atoms with Gasteiger partial charge in [-0.2, -0.15) is 5.26 Å². The number of pyridine rings is 1. The van der Waals surface area contributed by atoms with E-state index >= 15 is 0 Å². The topological polar surface area (TPSA) is 90.3 Å². The molecule has 7 nitrogen and oxygen atoms in total. The summed E-state index contributed by atoms with van der Waals surface area (Å²) in [7, 11) is 1.72. The molecule has 2 heterocycles. The molecule has 1 amide bonds. The van der Waals surface area contributed by atoms with Crippen LogP contribution in [0.1, 0.15) is 22.7 Å². The highest BCUT2D eigenvalue weighted by molar-refractivity contribution is 5.94. The first kappa shape index (κ1) is 22.5. The van der Waals surface area contributed by atoms with E-state index in [2.05, 4.69) is 26.6 Å². The van der Waals surface area contributed by atoms with Crippen LogP contribution in [0, 0.1) is 11.3 Å². The van der Waals surface area contributed by atoms with Gasteiger partial charge >= 0.3 is 0 Å². The van der Waals surface area contributed by atoms with E-state index in [0.717, 1.165) is 36.3 Å². The van der Waals surface area contributed by atoms with Crippen molar-refractivity contribution in [3.8, 4) is 6.07 Å². The highest BCUT2D eigenvalue weighted by Gasteiger charge is 2.27. The smallest absolute Gasteiger partial charge is 0.247 e. The largest absolute Gasteiger partial charge is 0.378 e. The van der Waals surface area contributed by atoms with Crippen LogP contribution in [0.2, 0.25) is 0 Å². The third kappa shape index (κ3) is 5.75. The molecule has 1 aliphatic heterocycles. The number of nitrogens with one attached hydrogen (secondary N) is 2. The number of carbonyl (C=O) groups excluding carboxylic acids is 1. The summed E-state index contributed by atoms with van der Waals surface area (Å²) in [6.45, 7) is 2.31. The van der Waals surface area contributed by atoms with Crippen molar-refractivity contribution in [2.75, 3.05) is 37.0 Å². The van der Waals surface area contributed by atoms with Crippen molar-refractivity contribution in [3.05, 3.63) is 89.6 Å². The van der Waals surface area contributed by atoms with Crippen molar-refractivity contribution in [1.29, 1.82) is 5.26 Å². The van der Waals surface area contributed by atoms with Crippen LogP contribution < -0.4 is 15.5 Å². The molecule has 2 aromatic carbocycles. The molecule has 7 heteroatoms. The first-order chi connectivity index (χ1) is 16.2. The minimum Gasteiger partial charge on any atom is -0.378 e. The number of carbonyl (C=O) groups is 1. The monoisotopic (exact) mass is 441 g/mol. The molecule has 1 aliphatic rings. The molecule has 2 N–H and O–H groups in total. The van der Waals surface area contributed by atoms with Gasteiger partial charge in [0.1, 0.15) is 11.9 Å². The number of benzene rings is 2. The second kappa shape index (κ2) is 10.7. The molecule has 0 spiro atoms. The number of nitrogens with zero attached hydrogens (tertiary/aromatic N) is 3. The van der Waals surface area contributed by atoms with Crippen LogP contribution in [0.25, 0.3) is 0 Å². The first-order valence-electron chi connectivity index (χ1n) is 11.0. The molecule has 0 bridgehead atoms.